The van der Waals surface area contributed by atoms with Crippen LogP contribution >= 0.6 is 11.3 Å². The zero-order chi connectivity index (χ0) is 11.9. The molecule has 1 unspecified atom stereocenters. The number of hydrogen-bond acceptors (Lipinski definition) is 4. The molecule has 0 radical (unpaired) electrons. The minimum Gasteiger partial charge on any atom is -0.390 e. The summed E-state index contributed by atoms with van der Waals surface area (Å²) in [4.78, 5) is 0. The lowest BCUT2D eigenvalue weighted by molar-refractivity contribution is 0.147. The second kappa shape index (κ2) is 6.54. The van der Waals surface area contributed by atoms with Gasteiger partial charge in [-0.2, -0.15) is 16.4 Å². The summed E-state index contributed by atoms with van der Waals surface area (Å²) in [6, 6.07) is 3.99. The normalized spacial score (nSPS) is 12.8. The molecule has 2 aromatic heterocycles. The molecular weight excluding hydrogens is 234 g/mol. The van der Waals surface area contributed by atoms with Gasteiger partial charge in [-0.15, -0.1) is 0 Å². The lowest BCUT2D eigenvalue weighted by Crippen LogP contribution is -2.31. The lowest BCUT2D eigenvalue weighted by Gasteiger charge is -2.11. The van der Waals surface area contributed by atoms with Gasteiger partial charge in [0.15, 0.2) is 0 Å². The summed E-state index contributed by atoms with van der Waals surface area (Å²) in [7, 11) is 0. The maximum atomic E-state index is 9.76. The first-order chi connectivity index (χ1) is 8.34. The Morgan fingerprint density at radius 1 is 1.53 bits per heavy atom. The summed E-state index contributed by atoms with van der Waals surface area (Å²) in [5.74, 6) is 0. The van der Waals surface area contributed by atoms with Crippen LogP contribution in [0.3, 0.4) is 0 Å². The highest BCUT2D eigenvalue weighted by Crippen LogP contribution is 2.05. The van der Waals surface area contributed by atoms with Gasteiger partial charge in [-0.05, 0) is 41.4 Å². The largest absolute Gasteiger partial charge is 0.390 e. The Kier molecular flexibility index (Phi) is 4.73. The maximum Gasteiger partial charge on any atom is 0.0860 e. The number of aromatic nitrogens is 2. The fourth-order valence-electron chi connectivity index (χ4n) is 1.63. The number of nitrogens with one attached hydrogen (secondary N) is 1. The monoisotopic (exact) mass is 251 g/mol. The van der Waals surface area contributed by atoms with Crippen molar-refractivity contribution < 1.29 is 5.11 Å². The van der Waals surface area contributed by atoms with Crippen molar-refractivity contribution in [1.82, 2.24) is 15.1 Å². The summed E-state index contributed by atoms with van der Waals surface area (Å²) in [6.07, 6.45) is 4.20. The van der Waals surface area contributed by atoms with E-state index in [1.807, 2.05) is 12.3 Å². The first kappa shape index (κ1) is 12.3. The fourth-order valence-corrected chi connectivity index (χ4v) is 2.33. The predicted octanol–water partition coefficient (Wildman–Crippen LogP) is 1.14. The fraction of sp³-hybridized carbons (Fsp3) is 0.417. The standard InChI is InChI=1S/C12H17N3OS/c16-12(9-15-6-1-4-14-15)8-13-5-2-11-3-7-17-10-11/h1,3-4,6-7,10,12-13,16H,2,5,8-9H2. The average Bonchev–Trinajstić information content (AvgIpc) is 2.96. The van der Waals surface area contributed by atoms with Crippen molar-refractivity contribution in [1.29, 1.82) is 0 Å². The smallest absolute Gasteiger partial charge is 0.0860 e. The molecule has 0 spiro atoms. The van der Waals surface area contributed by atoms with E-state index in [0.29, 0.717) is 13.1 Å². The van der Waals surface area contributed by atoms with Gasteiger partial charge in [0.25, 0.3) is 0 Å². The van der Waals surface area contributed by atoms with Gasteiger partial charge in [-0.1, -0.05) is 0 Å². The van der Waals surface area contributed by atoms with Crippen LogP contribution in [-0.4, -0.2) is 34.1 Å². The van der Waals surface area contributed by atoms with E-state index < -0.39 is 6.10 Å². The van der Waals surface area contributed by atoms with Crippen molar-refractivity contribution in [3.8, 4) is 0 Å². The Morgan fingerprint density at radius 2 is 2.47 bits per heavy atom. The molecule has 2 N–H and O–H groups in total. The molecule has 2 rings (SSSR count). The third kappa shape index (κ3) is 4.30. The predicted molar refractivity (Wildman–Crippen MR) is 69.1 cm³/mol. The van der Waals surface area contributed by atoms with Crippen LogP contribution in [-0.2, 0) is 13.0 Å². The Labute approximate surface area is 105 Å². The molecule has 0 aliphatic rings. The third-order valence-corrected chi connectivity index (χ3v) is 3.24. The molecule has 92 valence electrons. The summed E-state index contributed by atoms with van der Waals surface area (Å²) in [5, 5.41) is 21.3. The molecule has 1 atom stereocenters. The average molecular weight is 251 g/mol. The minimum atomic E-state index is -0.391. The highest BCUT2D eigenvalue weighted by Gasteiger charge is 2.04. The molecule has 0 saturated carbocycles. The molecule has 0 aromatic carbocycles. The van der Waals surface area contributed by atoms with Gasteiger partial charge in [0.2, 0.25) is 0 Å². The molecule has 0 aliphatic carbocycles. The zero-order valence-corrected chi connectivity index (χ0v) is 10.4. The molecule has 0 amide bonds. The van der Waals surface area contributed by atoms with Gasteiger partial charge in [-0.3, -0.25) is 4.68 Å². The van der Waals surface area contributed by atoms with Gasteiger partial charge in [0.05, 0.1) is 12.6 Å². The van der Waals surface area contributed by atoms with Gasteiger partial charge < -0.3 is 10.4 Å². The van der Waals surface area contributed by atoms with Crippen molar-refractivity contribution in [2.24, 2.45) is 0 Å². The molecule has 0 saturated heterocycles. The molecule has 0 bridgehead atoms. The Bertz CT molecular complexity index is 399. The zero-order valence-electron chi connectivity index (χ0n) is 9.62. The molecule has 5 heteroatoms. The summed E-state index contributed by atoms with van der Waals surface area (Å²) < 4.78 is 1.74. The van der Waals surface area contributed by atoms with Crippen molar-refractivity contribution in [3.63, 3.8) is 0 Å². The van der Waals surface area contributed by atoms with Crippen LogP contribution in [0.1, 0.15) is 5.56 Å². The molecule has 2 aromatic rings. The van der Waals surface area contributed by atoms with Crippen LogP contribution in [0.4, 0.5) is 0 Å². The van der Waals surface area contributed by atoms with E-state index in [0.717, 1.165) is 13.0 Å². The lowest BCUT2D eigenvalue weighted by atomic mass is 10.2. The number of aliphatic hydroxyl groups is 1. The Hall–Kier alpha value is -1.17. The van der Waals surface area contributed by atoms with Crippen LogP contribution in [0, 0.1) is 0 Å². The number of nitrogens with zero attached hydrogens (tertiary/aromatic N) is 2. The van der Waals surface area contributed by atoms with Crippen molar-refractivity contribution >= 4 is 11.3 Å². The van der Waals surface area contributed by atoms with E-state index in [9.17, 15) is 5.11 Å². The van der Waals surface area contributed by atoms with Crippen LogP contribution in [0.25, 0.3) is 0 Å². The molecule has 0 fully saturated rings. The quantitative estimate of drug-likeness (QED) is 0.726. The second-order valence-corrected chi connectivity index (χ2v) is 4.75. The topological polar surface area (TPSA) is 50.1 Å². The molecule has 0 aliphatic heterocycles. The minimum absolute atomic E-state index is 0.391. The van der Waals surface area contributed by atoms with E-state index in [1.54, 1.807) is 22.2 Å². The van der Waals surface area contributed by atoms with E-state index in [4.69, 9.17) is 0 Å². The van der Waals surface area contributed by atoms with Crippen LogP contribution in [0.5, 0.6) is 0 Å². The third-order valence-electron chi connectivity index (χ3n) is 2.51. The van der Waals surface area contributed by atoms with Gasteiger partial charge in [0.1, 0.15) is 0 Å². The van der Waals surface area contributed by atoms with Crippen molar-refractivity contribution in [2.45, 2.75) is 19.1 Å². The van der Waals surface area contributed by atoms with Crippen LogP contribution < -0.4 is 5.32 Å². The van der Waals surface area contributed by atoms with Crippen LogP contribution in [0.2, 0.25) is 0 Å². The highest BCUT2D eigenvalue weighted by atomic mass is 32.1. The van der Waals surface area contributed by atoms with E-state index in [-0.39, 0.29) is 0 Å². The number of aliphatic hydroxyl groups excluding tert-OH is 1. The molecule has 2 heterocycles. The van der Waals surface area contributed by atoms with Crippen molar-refractivity contribution in [2.75, 3.05) is 13.1 Å². The van der Waals surface area contributed by atoms with Gasteiger partial charge in [-0.25, -0.2) is 0 Å². The van der Waals surface area contributed by atoms with Gasteiger partial charge >= 0.3 is 0 Å². The molecule has 17 heavy (non-hydrogen) atoms. The van der Waals surface area contributed by atoms with E-state index in [2.05, 4.69) is 27.2 Å². The van der Waals surface area contributed by atoms with Gasteiger partial charge in [0, 0.05) is 18.9 Å². The SMILES string of the molecule is OC(CNCCc1ccsc1)Cn1cccn1. The maximum absolute atomic E-state index is 9.76. The van der Waals surface area contributed by atoms with E-state index >= 15 is 0 Å². The number of hydrogen-bond donors (Lipinski definition) is 2. The first-order valence-electron chi connectivity index (χ1n) is 5.72. The number of thiophene rings is 1. The highest BCUT2D eigenvalue weighted by molar-refractivity contribution is 7.07. The van der Waals surface area contributed by atoms with E-state index in [1.165, 1.54) is 5.56 Å². The van der Waals surface area contributed by atoms with Crippen molar-refractivity contribution in [3.05, 3.63) is 40.8 Å². The summed E-state index contributed by atoms with van der Waals surface area (Å²) in [5.41, 5.74) is 1.35. The molecular formula is C12H17N3OS. The van der Waals surface area contributed by atoms with Crippen LogP contribution in [0.15, 0.2) is 35.3 Å². The first-order valence-corrected chi connectivity index (χ1v) is 6.66. The summed E-state index contributed by atoms with van der Waals surface area (Å²) in [6.45, 7) is 2.04. The molecule has 4 nitrogen and oxygen atoms in total. The summed E-state index contributed by atoms with van der Waals surface area (Å²) >= 11 is 1.72. The Balaban J connectivity index is 1.58. The second-order valence-electron chi connectivity index (χ2n) is 3.97. The number of rotatable bonds is 7. The Morgan fingerprint density at radius 3 is 3.18 bits per heavy atom.